The molecule has 0 radical (unpaired) electrons. The number of ether oxygens (including phenoxy) is 1. The molecule has 0 aliphatic heterocycles. The number of hydrogen-bond donors (Lipinski definition) is 2. The number of rotatable bonds is 8. The SMILES string of the molecule is CCCOCCC(CCC(F)(F)F)NN. The number of nitrogens with two attached hydrogens (primary N) is 1. The molecule has 0 amide bonds. The van der Waals surface area contributed by atoms with Crippen LogP contribution >= 0.6 is 0 Å². The molecule has 0 aliphatic carbocycles. The van der Waals surface area contributed by atoms with Crippen LogP contribution in [0, 0.1) is 0 Å². The molecule has 1 atom stereocenters. The van der Waals surface area contributed by atoms with Crippen molar-refractivity contribution < 1.29 is 17.9 Å². The number of halogens is 3. The third kappa shape index (κ3) is 9.96. The Morgan fingerprint density at radius 1 is 1.27 bits per heavy atom. The van der Waals surface area contributed by atoms with E-state index >= 15 is 0 Å². The molecule has 0 saturated carbocycles. The second-order valence-electron chi connectivity index (χ2n) is 3.42. The van der Waals surface area contributed by atoms with Gasteiger partial charge in [-0.25, -0.2) is 0 Å². The van der Waals surface area contributed by atoms with Crippen molar-refractivity contribution >= 4 is 0 Å². The van der Waals surface area contributed by atoms with Gasteiger partial charge in [0.05, 0.1) is 0 Å². The summed E-state index contributed by atoms with van der Waals surface area (Å²) in [6.45, 7) is 3.06. The van der Waals surface area contributed by atoms with Crippen LogP contribution in [0.25, 0.3) is 0 Å². The Hall–Kier alpha value is -0.330. The third-order valence-corrected chi connectivity index (χ3v) is 1.97. The van der Waals surface area contributed by atoms with Gasteiger partial charge in [-0.3, -0.25) is 11.3 Å². The Morgan fingerprint density at radius 3 is 2.40 bits per heavy atom. The number of alkyl halides is 3. The van der Waals surface area contributed by atoms with Gasteiger partial charge in [0, 0.05) is 25.7 Å². The minimum Gasteiger partial charge on any atom is -0.381 e. The molecule has 0 rings (SSSR count). The average molecular weight is 228 g/mol. The first-order chi connectivity index (χ1) is 6.99. The Labute approximate surface area is 88.1 Å². The van der Waals surface area contributed by atoms with Crippen LogP contribution in [0.3, 0.4) is 0 Å². The lowest BCUT2D eigenvalue weighted by atomic mass is 10.1. The fourth-order valence-corrected chi connectivity index (χ4v) is 1.12. The van der Waals surface area contributed by atoms with E-state index in [4.69, 9.17) is 10.6 Å². The maximum absolute atomic E-state index is 11.9. The summed E-state index contributed by atoms with van der Waals surface area (Å²) in [6.07, 6.45) is -3.51. The maximum atomic E-state index is 11.9. The highest BCUT2D eigenvalue weighted by Crippen LogP contribution is 2.22. The molecule has 92 valence electrons. The fraction of sp³-hybridized carbons (Fsp3) is 1.00. The highest BCUT2D eigenvalue weighted by Gasteiger charge is 2.27. The fourth-order valence-electron chi connectivity index (χ4n) is 1.12. The predicted octanol–water partition coefficient (Wildman–Crippen LogP) is 1.98. The minimum absolute atomic E-state index is 0.00448. The Balaban J connectivity index is 3.55. The monoisotopic (exact) mass is 228 g/mol. The molecule has 0 saturated heterocycles. The zero-order chi connectivity index (χ0) is 11.7. The first-order valence-corrected chi connectivity index (χ1v) is 5.10. The van der Waals surface area contributed by atoms with Crippen molar-refractivity contribution in [3.05, 3.63) is 0 Å². The molecular weight excluding hydrogens is 209 g/mol. The Morgan fingerprint density at radius 2 is 1.93 bits per heavy atom. The predicted molar refractivity (Wildman–Crippen MR) is 52.1 cm³/mol. The lowest BCUT2D eigenvalue weighted by Gasteiger charge is -2.16. The van der Waals surface area contributed by atoms with Crippen molar-refractivity contribution in [3.63, 3.8) is 0 Å². The van der Waals surface area contributed by atoms with E-state index in [0.29, 0.717) is 19.6 Å². The van der Waals surface area contributed by atoms with Crippen LogP contribution in [-0.2, 0) is 4.74 Å². The van der Waals surface area contributed by atoms with Crippen molar-refractivity contribution in [2.75, 3.05) is 13.2 Å². The molecule has 15 heavy (non-hydrogen) atoms. The minimum atomic E-state index is -4.11. The van der Waals surface area contributed by atoms with Crippen molar-refractivity contribution in [3.8, 4) is 0 Å². The van der Waals surface area contributed by atoms with Gasteiger partial charge in [-0.15, -0.1) is 0 Å². The van der Waals surface area contributed by atoms with E-state index < -0.39 is 12.6 Å². The molecule has 0 spiro atoms. The van der Waals surface area contributed by atoms with Crippen LogP contribution in [0.4, 0.5) is 13.2 Å². The highest BCUT2D eigenvalue weighted by atomic mass is 19.4. The van der Waals surface area contributed by atoms with Gasteiger partial charge in [0.1, 0.15) is 0 Å². The van der Waals surface area contributed by atoms with Gasteiger partial charge < -0.3 is 4.74 Å². The van der Waals surface area contributed by atoms with E-state index in [1.807, 2.05) is 6.92 Å². The summed E-state index contributed by atoms with van der Waals surface area (Å²) in [5.41, 5.74) is 2.37. The van der Waals surface area contributed by atoms with Gasteiger partial charge in [-0.1, -0.05) is 6.92 Å². The zero-order valence-corrected chi connectivity index (χ0v) is 8.94. The summed E-state index contributed by atoms with van der Waals surface area (Å²) >= 11 is 0. The van der Waals surface area contributed by atoms with Gasteiger partial charge in [0.15, 0.2) is 0 Å². The largest absolute Gasteiger partial charge is 0.389 e. The molecule has 0 heterocycles. The van der Waals surface area contributed by atoms with Crippen molar-refractivity contribution in [2.45, 2.75) is 44.8 Å². The standard InChI is InChI=1S/C9H19F3N2O/c1-2-6-15-7-4-8(14-13)3-5-9(10,11)12/h8,14H,2-7,13H2,1H3. The summed E-state index contributed by atoms with van der Waals surface area (Å²) in [4.78, 5) is 0. The Bertz CT molecular complexity index is 153. The lowest BCUT2D eigenvalue weighted by molar-refractivity contribution is -0.136. The van der Waals surface area contributed by atoms with Gasteiger partial charge >= 0.3 is 6.18 Å². The third-order valence-electron chi connectivity index (χ3n) is 1.97. The molecule has 0 fully saturated rings. The molecule has 0 aromatic carbocycles. The lowest BCUT2D eigenvalue weighted by Crippen LogP contribution is -2.36. The van der Waals surface area contributed by atoms with Crippen LogP contribution in [0.1, 0.15) is 32.6 Å². The van der Waals surface area contributed by atoms with E-state index in [-0.39, 0.29) is 12.5 Å². The van der Waals surface area contributed by atoms with Crippen molar-refractivity contribution in [2.24, 2.45) is 5.84 Å². The molecule has 0 aromatic heterocycles. The van der Waals surface area contributed by atoms with Crippen molar-refractivity contribution in [1.82, 2.24) is 5.43 Å². The second kappa shape index (κ2) is 7.90. The Kier molecular flexibility index (Phi) is 7.72. The number of hydrogen-bond acceptors (Lipinski definition) is 3. The summed E-state index contributed by atoms with van der Waals surface area (Å²) in [7, 11) is 0. The van der Waals surface area contributed by atoms with Crippen LogP contribution in [-0.4, -0.2) is 25.4 Å². The van der Waals surface area contributed by atoms with E-state index in [9.17, 15) is 13.2 Å². The molecule has 1 unspecified atom stereocenters. The molecular formula is C9H19F3N2O. The van der Waals surface area contributed by atoms with Crippen LogP contribution in [0.15, 0.2) is 0 Å². The van der Waals surface area contributed by atoms with E-state index in [0.717, 1.165) is 6.42 Å². The van der Waals surface area contributed by atoms with Gasteiger partial charge in [-0.05, 0) is 19.3 Å². The average Bonchev–Trinajstić information content (AvgIpc) is 2.15. The molecule has 0 aliphatic rings. The van der Waals surface area contributed by atoms with E-state index in [1.54, 1.807) is 0 Å². The van der Waals surface area contributed by atoms with E-state index in [1.165, 1.54) is 0 Å². The molecule has 3 nitrogen and oxygen atoms in total. The summed E-state index contributed by atoms with van der Waals surface area (Å²) < 4.78 is 40.9. The summed E-state index contributed by atoms with van der Waals surface area (Å²) in [5.74, 6) is 5.14. The van der Waals surface area contributed by atoms with Crippen LogP contribution in [0.2, 0.25) is 0 Å². The van der Waals surface area contributed by atoms with Crippen LogP contribution < -0.4 is 11.3 Å². The molecule has 0 bridgehead atoms. The first-order valence-electron chi connectivity index (χ1n) is 5.10. The second-order valence-corrected chi connectivity index (χ2v) is 3.42. The first kappa shape index (κ1) is 14.7. The summed E-state index contributed by atoms with van der Waals surface area (Å²) in [6, 6.07) is -0.330. The number of hydrazine groups is 1. The summed E-state index contributed by atoms with van der Waals surface area (Å²) in [5, 5.41) is 0. The topological polar surface area (TPSA) is 47.3 Å². The zero-order valence-electron chi connectivity index (χ0n) is 8.94. The van der Waals surface area contributed by atoms with Gasteiger partial charge in [-0.2, -0.15) is 13.2 Å². The number of nitrogens with one attached hydrogen (secondary N) is 1. The highest BCUT2D eigenvalue weighted by molar-refractivity contribution is 4.65. The van der Waals surface area contributed by atoms with Gasteiger partial charge in [0.25, 0.3) is 0 Å². The van der Waals surface area contributed by atoms with Crippen LogP contribution in [0.5, 0.6) is 0 Å². The quantitative estimate of drug-likeness (QED) is 0.379. The molecule has 6 heteroatoms. The smallest absolute Gasteiger partial charge is 0.381 e. The maximum Gasteiger partial charge on any atom is 0.389 e. The van der Waals surface area contributed by atoms with Gasteiger partial charge in [0.2, 0.25) is 0 Å². The van der Waals surface area contributed by atoms with Crippen molar-refractivity contribution in [1.29, 1.82) is 0 Å². The van der Waals surface area contributed by atoms with E-state index in [2.05, 4.69) is 5.43 Å². The normalized spacial score (nSPS) is 14.2. The molecule has 3 N–H and O–H groups in total. The molecule has 0 aromatic rings.